The maximum Gasteiger partial charge on any atom is 0.0410 e. The summed E-state index contributed by atoms with van der Waals surface area (Å²) in [5.74, 6) is 0.729. The molecular weight excluding hydrogens is 333 g/mol. The molecule has 0 aliphatic rings. The van der Waals surface area contributed by atoms with Crippen molar-refractivity contribution in [2.75, 3.05) is 7.05 Å². The molecule has 0 fully saturated rings. The van der Waals surface area contributed by atoms with Gasteiger partial charge in [-0.05, 0) is 65.7 Å². The molecule has 1 nitrogen and oxygen atoms in total. The van der Waals surface area contributed by atoms with Gasteiger partial charge in [-0.2, -0.15) is 0 Å². The van der Waals surface area contributed by atoms with Gasteiger partial charge in [0.15, 0.2) is 0 Å². The molecule has 0 radical (unpaired) electrons. The molecule has 0 saturated heterocycles. The first-order valence-corrected chi connectivity index (χ1v) is 7.16. The van der Waals surface area contributed by atoms with Crippen molar-refractivity contribution in [1.82, 2.24) is 5.32 Å². The Morgan fingerprint density at radius 1 is 1.44 bits per heavy atom. The number of rotatable bonds is 5. The van der Waals surface area contributed by atoms with Crippen LogP contribution in [0.5, 0.6) is 0 Å². The Bertz CT molecular complexity index is 341. The SMILES string of the molecule is CCC(C)CC(NC)c1cc(Cl)ccc1I. The molecule has 2 unspecified atom stereocenters. The zero-order chi connectivity index (χ0) is 12.1. The van der Waals surface area contributed by atoms with Crippen LogP contribution in [0.15, 0.2) is 18.2 Å². The van der Waals surface area contributed by atoms with Crippen LogP contribution >= 0.6 is 34.2 Å². The van der Waals surface area contributed by atoms with Crippen molar-refractivity contribution in [2.24, 2.45) is 5.92 Å². The van der Waals surface area contributed by atoms with E-state index in [2.05, 4.69) is 53.9 Å². The molecule has 1 aromatic carbocycles. The lowest BCUT2D eigenvalue weighted by Gasteiger charge is -2.21. The quantitative estimate of drug-likeness (QED) is 0.762. The Kier molecular flexibility index (Phi) is 6.08. The van der Waals surface area contributed by atoms with E-state index in [0.29, 0.717) is 6.04 Å². The van der Waals surface area contributed by atoms with Gasteiger partial charge in [-0.1, -0.05) is 31.9 Å². The summed E-state index contributed by atoms with van der Waals surface area (Å²) in [6.45, 7) is 4.53. The van der Waals surface area contributed by atoms with Crippen LogP contribution in [-0.4, -0.2) is 7.05 Å². The summed E-state index contributed by atoms with van der Waals surface area (Å²) in [5, 5.41) is 4.21. The molecule has 1 N–H and O–H groups in total. The van der Waals surface area contributed by atoms with Crippen molar-refractivity contribution in [3.63, 3.8) is 0 Å². The minimum atomic E-state index is 0.403. The summed E-state index contributed by atoms with van der Waals surface area (Å²) in [7, 11) is 2.02. The fourth-order valence-corrected chi connectivity index (χ4v) is 2.64. The summed E-state index contributed by atoms with van der Waals surface area (Å²) in [6, 6.07) is 6.51. The summed E-state index contributed by atoms with van der Waals surface area (Å²) < 4.78 is 1.28. The molecule has 0 amide bonds. The molecule has 90 valence electrons. The van der Waals surface area contributed by atoms with Crippen molar-refractivity contribution >= 4 is 34.2 Å². The van der Waals surface area contributed by atoms with Gasteiger partial charge in [0, 0.05) is 14.6 Å². The first-order chi connectivity index (χ1) is 7.58. The summed E-state index contributed by atoms with van der Waals surface area (Å²) in [5.41, 5.74) is 1.32. The van der Waals surface area contributed by atoms with Crippen molar-refractivity contribution in [3.8, 4) is 0 Å². The predicted molar refractivity (Wildman–Crippen MR) is 80.0 cm³/mol. The van der Waals surface area contributed by atoms with E-state index in [0.717, 1.165) is 17.4 Å². The molecule has 2 atom stereocenters. The van der Waals surface area contributed by atoms with E-state index in [1.54, 1.807) is 0 Å². The molecule has 16 heavy (non-hydrogen) atoms. The standard InChI is InChI=1S/C13H19ClIN/c1-4-9(2)7-13(16-3)11-8-10(14)5-6-12(11)15/h5-6,8-9,13,16H,4,7H2,1-3H3. The summed E-state index contributed by atoms with van der Waals surface area (Å²) >= 11 is 8.43. The van der Waals surface area contributed by atoms with Crippen molar-refractivity contribution in [1.29, 1.82) is 0 Å². The zero-order valence-electron chi connectivity index (χ0n) is 10.1. The van der Waals surface area contributed by atoms with Crippen molar-refractivity contribution in [2.45, 2.75) is 32.7 Å². The van der Waals surface area contributed by atoms with Crippen LogP contribution in [-0.2, 0) is 0 Å². The van der Waals surface area contributed by atoms with E-state index >= 15 is 0 Å². The first kappa shape index (κ1) is 14.3. The number of halogens is 2. The minimum absolute atomic E-state index is 0.403. The Morgan fingerprint density at radius 3 is 2.69 bits per heavy atom. The van der Waals surface area contributed by atoms with Crippen LogP contribution in [0, 0.1) is 9.49 Å². The fourth-order valence-electron chi connectivity index (χ4n) is 1.75. The molecule has 0 saturated carbocycles. The monoisotopic (exact) mass is 351 g/mol. The molecule has 3 heteroatoms. The van der Waals surface area contributed by atoms with Gasteiger partial charge in [-0.3, -0.25) is 0 Å². The topological polar surface area (TPSA) is 12.0 Å². The van der Waals surface area contributed by atoms with Gasteiger partial charge in [0.25, 0.3) is 0 Å². The summed E-state index contributed by atoms with van der Waals surface area (Å²) in [6.07, 6.45) is 2.37. The second-order valence-electron chi connectivity index (χ2n) is 4.26. The number of nitrogens with one attached hydrogen (secondary N) is 1. The summed E-state index contributed by atoms with van der Waals surface area (Å²) in [4.78, 5) is 0. The fraction of sp³-hybridized carbons (Fsp3) is 0.538. The van der Waals surface area contributed by atoms with E-state index in [1.165, 1.54) is 15.6 Å². The maximum atomic E-state index is 6.06. The maximum absolute atomic E-state index is 6.06. The molecule has 0 heterocycles. The van der Waals surface area contributed by atoms with Gasteiger partial charge < -0.3 is 5.32 Å². The highest BCUT2D eigenvalue weighted by Gasteiger charge is 2.15. The highest BCUT2D eigenvalue weighted by Crippen LogP contribution is 2.28. The largest absolute Gasteiger partial charge is 0.313 e. The Morgan fingerprint density at radius 2 is 2.12 bits per heavy atom. The molecule has 0 aliphatic heterocycles. The van der Waals surface area contributed by atoms with Crippen LogP contribution < -0.4 is 5.32 Å². The lowest BCUT2D eigenvalue weighted by molar-refractivity contribution is 0.421. The van der Waals surface area contributed by atoms with Crippen LogP contribution in [0.1, 0.15) is 38.3 Å². The Balaban J connectivity index is 2.89. The van der Waals surface area contributed by atoms with Crippen LogP contribution in [0.2, 0.25) is 5.02 Å². The normalized spacial score (nSPS) is 14.8. The van der Waals surface area contributed by atoms with Gasteiger partial charge >= 0.3 is 0 Å². The van der Waals surface area contributed by atoms with E-state index in [9.17, 15) is 0 Å². The first-order valence-electron chi connectivity index (χ1n) is 5.70. The molecule has 1 rings (SSSR count). The predicted octanol–water partition coefficient (Wildman–Crippen LogP) is 4.64. The number of hydrogen-bond donors (Lipinski definition) is 1. The third-order valence-electron chi connectivity index (χ3n) is 3.02. The van der Waals surface area contributed by atoms with Gasteiger partial charge in [0.2, 0.25) is 0 Å². The molecule has 0 bridgehead atoms. The molecule has 0 spiro atoms. The molecule has 0 aromatic heterocycles. The zero-order valence-corrected chi connectivity index (χ0v) is 13.0. The molecule has 1 aromatic rings. The van der Waals surface area contributed by atoms with Gasteiger partial charge in [0.05, 0.1) is 0 Å². The van der Waals surface area contributed by atoms with E-state index in [4.69, 9.17) is 11.6 Å². The van der Waals surface area contributed by atoms with Gasteiger partial charge in [-0.25, -0.2) is 0 Å². The number of hydrogen-bond acceptors (Lipinski definition) is 1. The lowest BCUT2D eigenvalue weighted by atomic mass is 9.94. The average molecular weight is 352 g/mol. The molecular formula is C13H19ClIN. The van der Waals surface area contributed by atoms with Crippen LogP contribution in [0.25, 0.3) is 0 Å². The van der Waals surface area contributed by atoms with Gasteiger partial charge in [0.1, 0.15) is 0 Å². The lowest BCUT2D eigenvalue weighted by Crippen LogP contribution is -2.19. The van der Waals surface area contributed by atoms with Gasteiger partial charge in [-0.15, -0.1) is 0 Å². The van der Waals surface area contributed by atoms with Crippen molar-refractivity contribution in [3.05, 3.63) is 32.4 Å². The second-order valence-corrected chi connectivity index (χ2v) is 5.85. The third-order valence-corrected chi connectivity index (χ3v) is 4.23. The number of benzene rings is 1. The Hall–Kier alpha value is 0.200. The van der Waals surface area contributed by atoms with E-state index in [-0.39, 0.29) is 0 Å². The Labute approximate surface area is 117 Å². The van der Waals surface area contributed by atoms with Crippen LogP contribution in [0.3, 0.4) is 0 Å². The van der Waals surface area contributed by atoms with Crippen LogP contribution in [0.4, 0.5) is 0 Å². The average Bonchev–Trinajstić information content (AvgIpc) is 2.29. The van der Waals surface area contributed by atoms with Crippen molar-refractivity contribution < 1.29 is 0 Å². The highest BCUT2D eigenvalue weighted by molar-refractivity contribution is 14.1. The minimum Gasteiger partial charge on any atom is -0.313 e. The third kappa shape index (κ3) is 3.90. The van der Waals surface area contributed by atoms with E-state index < -0.39 is 0 Å². The highest BCUT2D eigenvalue weighted by atomic mass is 127. The van der Waals surface area contributed by atoms with E-state index in [1.807, 2.05) is 13.1 Å². The molecule has 0 aliphatic carbocycles. The smallest absolute Gasteiger partial charge is 0.0410 e. The second kappa shape index (κ2) is 6.82.